The van der Waals surface area contributed by atoms with Gasteiger partial charge in [-0.1, -0.05) is 243 Å². The number of nitrogens with zero attached hydrogens (tertiary/aromatic N) is 2. The van der Waals surface area contributed by atoms with Crippen LogP contribution in [-0.2, 0) is 5.41 Å². The maximum absolute atomic E-state index is 2.37. The normalized spacial score (nSPS) is 12.1. The van der Waals surface area contributed by atoms with Gasteiger partial charge in [0, 0.05) is 34.1 Å². The fourth-order valence-electron chi connectivity index (χ4n) is 11.4. The summed E-state index contributed by atoms with van der Waals surface area (Å²) in [6, 6.07) is 115. The molecule has 0 N–H and O–H groups in total. The molecule has 0 aromatic heterocycles. The molecule has 0 unspecified atom stereocenters. The van der Waals surface area contributed by atoms with Crippen LogP contribution in [0.2, 0.25) is 0 Å². The molecular weight excluding hydrogens is 905 g/mol. The molecule has 12 aromatic rings. The molecule has 0 atom stereocenters. The second-order valence-corrected chi connectivity index (χ2v) is 19.3. The van der Waals surface area contributed by atoms with Crippen molar-refractivity contribution in [3.05, 3.63) is 338 Å². The molecule has 13 rings (SSSR count). The minimum atomic E-state index is -0.594. The van der Waals surface area contributed by atoms with E-state index in [2.05, 4.69) is 325 Å². The first-order valence-electron chi connectivity index (χ1n) is 25.8. The Morgan fingerprint density at radius 1 is 0.173 bits per heavy atom. The Bertz CT molecular complexity index is 3430. The zero-order valence-corrected chi connectivity index (χ0v) is 41.4. The van der Waals surface area contributed by atoms with E-state index in [1.165, 1.54) is 77.9 Å². The lowest BCUT2D eigenvalue weighted by atomic mass is 9.67. The Hall–Kier alpha value is -9.76. The molecule has 0 heterocycles. The topological polar surface area (TPSA) is 6.48 Å². The van der Waals surface area contributed by atoms with E-state index < -0.39 is 5.41 Å². The summed E-state index contributed by atoms with van der Waals surface area (Å²) < 4.78 is 0. The van der Waals surface area contributed by atoms with E-state index in [9.17, 15) is 0 Å². The third-order valence-electron chi connectivity index (χ3n) is 15.0. The molecule has 12 aromatic carbocycles. The van der Waals surface area contributed by atoms with Gasteiger partial charge >= 0.3 is 0 Å². The highest BCUT2D eigenvalue weighted by Gasteiger charge is 2.46. The molecule has 0 radical (unpaired) electrons. The van der Waals surface area contributed by atoms with Gasteiger partial charge in [0.2, 0.25) is 0 Å². The Morgan fingerprint density at radius 3 is 0.627 bits per heavy atom. The molecule has 0 bridgehead atoms. The van der Waals surface area contributed by atoms with Crippen molar-refractivity contribution in [1.82, 2.24) is 0 Å². The van der Waals surface area contributed by atoms with Gasteiger partial charge in [-0.25, -0.2) is 0 Å². The van der Waals surface area contributed by atoms with Gasteiger partial charge < -0.3 is 9.80 Å². The summed E-state index contributed by atoms with van der Waals surface area (Å²) in [5, 5.41) is 0. The molecule has 2 heteroatoms. The number of rotatable bonds is 12. The van der Waals surface area contributed by atoms with Gasteiger partial charge in [0.05, 0.1) is 5.41 Å². The van der Waals surface area contributed by atoms with Crippen molar-refractivity contribution in [1.29, 1.82) is 0 Å². The first-order valence-corrected chi connectivity index (χ1v) is 25.8. The highest BCUT2D eigenvalue weighted by Crippen LogP contribution is 2.57. The van der Waals surface area contributed by atoms with Crippen molar-refractivity contribution in [2.24, 2.45) is 0 Å². The van der Waals surface area contributed by atoms with Gasteiger partial charge in [0.1, 0.15) is 0 Å². The molecule has 2 nitrogen and oxygen atoms in total. The maximum atomic E-state index is 2.37. The SMILES string of the molecule is c1ccc(-c2ccc(N(c3ccc(-c4ccccc4)cc3)c3ccc(C4(c5ccc(N(c6ccc(-c7ccccc7)cc6)c6ccc(-c7ccccc7)cc6)cc5)c5ccccc5-c5ccccc54)cc3)cc2)cc1. The third-order valence-corrected chi connectivity index (χ3v) is 15.0. The number of benzene rings is 12. The summed E-state index contributed by atoms with van der Waals surface area (Å²) in [4.78, 5) is 4.75. The highest BCUT2D eigenvalue weighted by molar-refractivity contribution is 5.88. The van der Waals surface area contributed by atoms with E-state index in [-0.39, 0.29) is 0 Å². The molecular formula is C73H52N2. The number of hydrogen-bond acceptors (Lipinski definition) is 2. The third kappa shape index (κ3) is 8.39. The molecule has 0 saturated carbocycles. The van der Waals surface area contributed by atoms with Crippen molar-refractivity contribution in [2.45, 2.75) is 5.41 Å². The van der Waals surface area contributed by atoms with Crippen molar-refractivity contribution in [2.75, 3.05) is 9.80 Å². The minimum Gasteiger partial charge on any atom is -0.311 e. The lowest BCUT2D eigenvalue weighted by Crippen LogP contribution is -2.28. The second kappa shape index (κ2) is 19.7. The number of fused-ring (bicyclic) bond motifs is 3. The molecule has 0 fully saturated rings. The number of hydrogen-bond donors (Lipinski definition) is 0. The van der Waals surface area contributed by atoms with Crippen molar-refractivity contribution in [3.63, 3.8) is 0 Å². The average Bonchev–Trinajstić information content (AvgIpc) is 3.85. The van der Waals surface area contributed by atoms with Crippen molar-refractivity contribution in [3.8, 4) is 55.6 Å². The van der Waals surface area contributed by atoms with Crippen LogP contribution in [0.5, 0.6) is 0 Å². The zero-order valence-electron chi connectivity index (χ0n) is 41.4. The minimum absolute atomic E-state index is 0.594. The lowest BCUT2D eigenvalue weighted by molar-refractivity contribution is 0.768. The van der Waals surface area contributed by atoms with Gasteiger partial charge in [-0.15, -0.1) is 0 Å². The van der Waals surface area contributed by atoms with Crippen molar-refractivity contribution >= 4 is 34.1 Å². The van der Waals surface area contributed by atoms with Crippen LogP contribution >= 0.6 is 0 Å². The molecule has 0 saturated heterocycles. The van der Waals surface area contributed by atoms with E-state index in [1.54, 1.807) is 0 Å². The summed E-state index contributed by atoms with van der Waals surface area (Å²) >= 11 is 0. The quantitative estimate of drug-likeness (QED) is 0.120. The van der Waals surface area contributed by atoms with E-state index in [1.807, 2.05) is 0 Å². The van der Waals surface area contributed by atoms with Crippen LogP contribution in [0.25, 0.3) is 55.6 Å². The first-order chi connectivity index (χ1) is 37.2. The predicted octanol–water partition coefficient (Wildman–Crippen LogP) is 19.7. The Morgan fingerprint density at radius 2 is 0.373 bits per heavy atom. The smallest absolute Gasteiger partial charge is 0.0713 e. The summed E-state index contributed by atoms with van der Waals surface area (Å²) in [5.74, 6) is 0. The van der Waals surface area contributed by atoms with Gasteiger partial charge in [-0.3, -0.25) is 0 Å². The Balaban J connectivity index is 0.923. The fraction of sp³-hybridized carbons (Fsp3) is 0.0137. The van der Waals surface area contributed by atoms with Crippen molar-refractivity contribution < 1.29 is 0 Å². The summed E-state index contributed by atoms with van der Waals surface area (Å²) in [6.45, 7) is 0. The van der Waals surface area contributed by atoms with E-state index in [0.29, 0.717) is 0 Å². The van der Waals surface area contributed by atoms with Crippen LogP contribution in [0.1, 0.15) is 22.3 Å². The Kier molecular flexibility index (Phi) is 11.8. The molecule has 1 aliphatic carbocycles. The zero-order chi connectivity index (χ0) is 50.0. The lowest BCUT2D eigenvalue weighted by Gasteiger charge is -2.35. The summed E-state index contributed by atoms with van der Waals surface area (Å²) in [6.07, 6.45) is 0. The largest absolute Gasteiger partial charge is 0.311 e. The van der Waals surface area contributed by atoms with E-state index >= 15 is 0 Å². The van der Waals surface area contributed by atoms with Crippen LogP contribution in [0, 0.1) is 0 Å². The predicted molar refractivity (Wildman–Crippen MR) is 315 cm³/mol. The molecule has 75 heavy (non-hydrogen) atoms. The second-order valence-electron chi connectivity index (χ2n) is 19.3. The molecule has 0 amide bonds. The summed E-state index contributed by atoms with van der Waals surface area (Å²) in [5.41, 5.74) is 23.0. The van der Waals surface area contributed by atoms with Crippen LogP contribution in [0.3, 0.4) is 0 Å². The van der Waals surface area contributed by atoms with Gasteiger partial charge in [-0.05, 0) is 151 Å². The average molecular weight is 957 g/mol. The van der Waals surface area contributed by atoms with E-state index in [4.69, 9.17) is 0 Å². The van der Waals surface area contributed by atoms with Gasteiger partial charge in [-0.2, -0.15) is 0 Å². The van der Waals surface area contributed by atoms with Crippen LogP contribution in [-0.4, -0.2) is 0 Å². The molecule has 0 aliphatic heterocycles. The van der Waals surface area contributed by atoms with E-state index in [0.717, 1.165) is 34.1 Å². The first kappa shape index (κ1) is 45.1. The molecule has 354 valence electrons. The monoisotopic (exact) mass is 956 g/mol. The van der Waals surface area contributed by atoms with Crippen LogP contribution in [0.4, 0.5) is 34.1 Å². The van der Waals surface area contributed by atoms with Crippen LogP contribution < -0.4 is 9.80 Å². The van der Waals surface area contributed by atoms with Crippen LogP contribution in [0.15, 0.2) is 315 Å². The fourth-order valence-corrected chi connectivity index (χ4v) is 11.4. The summed E-state index contributed by atoms with van der Waals surface area (Å²) in [7, 11) is 0. The molecule has 0 spiro atoms. The Labute approximate surface area is 440 Å². The van der Waals surface area contributed by atoms with Gasteiger partial charge in [0.25, 0.3) is 0 Å². The maximum Gasteiger partial charge on any atom is 0.0713 e. The standard InChI is InChI=1S/C73H52N2/c1-5-17-53(18-6-1)57-29-41-63(42-30-57)74(64-43-31-58(32-44-64)54-19-7-2-8-20-54)67-49-37-61(38-50-67)73(71-27-15-13-25-69(71)70-26-14-16-28-72(70)73)62-39-51-68(52-40-62)75(65-45-33-59(34-46-65)55-21-9-3-10-22-55)66-47-35-60(36-48-66)56-23-11-4-12-24-56/h1-52H. The number of anilines is 6. The highest BCUT2D eigenvalue weighted by atomic mass is 15.1. The molecule has 1 aliphatic rings. The van der Waals surface area contributed by atoms with Gasteiger partial charge in [0.15, 0.2) is 0 Å².